The molecule has 2 rings (SSSR count). The number of anilines is 1. The van der Waals surface area contributed by atoms with Gasteiger partial charge in [-0.3, -0.25) is 9.59 Å². The zero-order valence-corrected chi connectivity index (χ0v) is 13.6. The fraction of sp³-hybridized carbons (Fsp3) is 0.235. The van der Waals surface area contributed by atoms with E-state index in [9.17, 15) is 9.59 Å². The zero-order chi connectivity index (χ0) is 17.0. The topological polar surface area (TPSA) is 83.7 Å². The third-order valence-corrected chi connectivity index (χ3v) is 3.21. The van der Waals surface area contributed by atoms with Crippen LogP contribution in [0.4, 0.5) is 5.69 Å². The van der Waals surface area contributed by atoms with Gasteiger partial charge in [0.1, 0.15) is 11.5 Å². The maximum Gasteiger partial charge on any atom is 0.274 e. The molecule has 0 aliphatic rings. The van der Waals surface area contributed by atoms with Gasteiger partial charge in [0.25, 0.3) is 5.91 Å². The molecule has 1 heterocycles. The molecule has 2 N–H and O–H groups in total. The molecule has 0 saturated carbocycles. The summed E-state index contributed by atoms with van der Waals surface area (Å²) in [5.74, 6) is 0.768. The van der Waals surface area contributed by atoms with Gasteiger partial charge in [-0.2, -0.15) is 5.10 Å². The predicted octanol–water partition coefficient (Wildman–Crippen LogP) is 3.01. The summed E-state index contributed by atoms with van der Waals surface area (Å²) in [4.78, 5) is 23.2. The molecule has 0 unspecified atom stereocenters. The number of hydrogen-bond donors (Lipinski definition) is 2. The Balaban J connectivity index is 2.12. The third kappa shape index (κ3) is 4.29. The molecule has 2 aromatic rings. The maximum absolute atomic E-state index is 12.1. The summed E-state index contributed by atoms with van der Waals surface area (Å²) in [5.41, 5.74) is 5.09. The Morgan fingerprint density at radius 3 is 2.48 bits per heavy atom. The minimum Gasteiger partial charge on any atom is -0.466 e. The lowest BCUT2D eigenvalue weighted by Crippen LogP contribution is -2.19. The molecule has 6 heteroatoms. The van der Waals surface area contributed by atoms with Crippen LogP contribution in [-0.4, -0.2) is 17.5 Å². The third-order valence-electron chi connectivity index (χ3n) is 3.21. The van der Waals surface area contributed by atoms with Gasteiger partial charge < -0.3 is 9.73 Å². The second kappa shape index (κ2) is 6.91. The van der Waals surface area contributed by atoms with E-state index >= 15 is 0 Å². The highest BCUT2D eigenvalue weighted by Crippen LogP contribution is 2.14. The van der Waals surface area contributed by atoms with Crippen molar-refractivity contribution in [3.8, 4) is 0 Å². The van der Waals surface area contributed by atoms with Gasteiger partial charge in [-0.1, -0.05) is 12.1 Å². The average molecular weight is 313 g/mol. The number of rotatable bonds is 4. The molecular formula is C17H19N3O3. The van der Waals surface area contributed by atoms with Gasteiger partial charge >= 0.3 is 0 Å². The van der Waals surface area contributed by atoms with Crippen molar-refractivity contribution < 1.29 is 14.0 Å². The van der Waals surface area contributed by atoms with Crippen LogP contribution in [0.3, 0.4) is 0 Å². The Hall–Kier alpha value is -2.89. The number of nitrogens with one attached hydrogen (secondary N) is 2. The van der Waals surface area contributed by atoms with Gasteiger partial charge in [0.2, 0.25) is 5.91 Å². The summed E-state index contributed by atoms with van der Waals surface area (Å²) < 4.78 is 5.33. The van der Waals surface area contributed by atoms with Crippen molar-refractivity contribution in [1.82, 2.24) is 5.43 Å². The number of amides is 2. The van der Waals surface area contributed by atoms with E-state index in [0.29, 0.717) is 28.5 Å². The van der Waals surface area contributed by atoms with Crippen LogP contribution < -0.4 is 10.7 Å². The molecule has 1 aromatic carbocycles. The standard InChI is InChI=1S/C17H19N3O3/c1-10-8-16(12(3)23-10)17(22)20-19-11(2)14-6-5-7-15(9-14)18-13(4)21/h5-9H,1-4H3,(H,18,21)(H,20,22)/b19-11-. The number of carbonyl (C=O) groups is 2. The average Bonchev–Trinajstić information content (AvgIpc) is 2.83. The second-order valence-corrected chi connectivity index (χ2v) is 5.23. The summed E-state index contributed by atoms with van der Waals surface area (Å²) in [6.45, 7) is 6.74. The summed E-state index contributed by atoms with van der Waals surface area (Å²) in [6, 6.07) is 8.91. The van der Waals surface area contributed by atoms with Crippen LogP contribution in [0.25, 0.3) is 0 Å². The fourth-order valence-corrected chi connectivity index (χ4v) is 2.14. The van der Waals surface area contributed by atoms with Crippen molar-refractivity contribution in [1.29, 1.82) is 0 Å². The molecule has 120 valence electrons. The molecule has 0 fully saturated rings. The number of hydrazone groups is 1. The van der Waals surface area contributed by atoms with Gasteiger partial charge in [-0.15, -0.1) is 0 Å². The maximum atomic E-state index is 12.1. The lowest BCUT2D eigenvalue weighted by molar-refractivity contribution is -0.114. The fourth-order valence-electron chi connectivity index (χ4n) is 2.14. The quantitative estimate of drug-likeness (QED) is 0.672. The van der Waals surface area contributed by atoms with Crippen molar-refractivity contribution in [2.24, 2.45) is 5.10 Å². The highest BCUT2D eigenvalue weighted by atomic mass is 16.3. The van der Waals surface area contributed by atoms with Gasteiger partial charge in [-0.25, -0.2) is 5.43 Å². The molecule has 2 amide bonds. The van der Waals surface area contributed by atoms with E-state index in [1.165, 1.54) is 6.92 Å². The highest BCUT2D eigenvalue weighted by molar-refractivity contribution is 6.02. The van der Waals surface area contributed by atoms with E-state index in [1.807, 2.05) is 12.1 Å². The van der Waals surface area contributed by atoms with Crippen LogP contribution >= 0.6 is 0 Å². The van der Waals surface area contributed by atoms with Crippen molar-refractivity contribution >= 4 is 23.2 Å². The molecular weight excluding hydrogens is 294 g/mol. The van der Waals surface area contributed by atoms with E-state index in [2.05, 4.69) is 15.8 Å². The molecule has 0 spiro atoms. The van der Waals surface area contributed by atoms with Crippen LogP contribution in [0.1, 0.15) is 41.3 Å². The number of hydrogen-bond acceptors (Lipinski definition) is 4. The number of aryl methyl sites for hydroxylation is 2. The molecule has 6 nitrogen and oxygen atoms in total. The molecule has 0 saturated heterocycles. The molecule has 23 heavy (non-hydrogen) atoms. The zero-order valence-electron chi connectivity index (χ0n) is 13.6. The van der Waals surface area contributed by atoms with Gasteiger partial charge in [-0.05, 0) is 44.5 Å². The number of furan rings is 1. The summed E-state index contributed by atoms with van der Waals surface area (Å²) in [6.07, 6.45) is 0. The van der Waals surface area contributed by atoms with E-state index in [-0.39, 0.29) is 11.8 Å². The van der Waals surface area contributed by atoms with E-state index in [4.69, 9.17) is 4.42 Å². The van der Waals surface area contributed by atoms with Crippen molar-refractivity contribution in [3.05, 3.63) is 53.0 Å². The van der Waals surface area contributed by atoms with Crippen LogP contribution in [0.5, 0.6) is 0 Å². The normalized spacial score (nSPS) is 11.2. The minimum atomic E-state index is -0.322. The van der Waals surface area contributed by atoms with E-state index < -0.39 is 0 Å². The summed E-state index contributed by atoms with van der Waals surface area (Å²) >= 11 is 0. The highest BCUT2D eigenvalue weighted by Gasteiger charge is 2.13. The van der Waals surface area contributed by atoms with Gasteiger partial charge in [0, 0.05) is 12.6 Å². The SMILES string of the molecule is CC(=O)Nc1cccc(/C(C)=N\NC(=O)c2cc(C)oc2C)c1. The van der Waals surface area contributed by atoms with Crippen molar-refractivity contribution in [2.45, 2.75) is 27.7 Å². The summed E-state index contributed by atoms with van der Waals surface area (Å²) in [7, 11) is 0. The molecule has 0 bridgehead atoms. The number of carbonyl (C=O) groups excluding carboxylic acids is 2. The first-order valence-electron chi connectivity index (χ1n) is 7.16. The Kier molecular flexibility index (Phi) is 4.95. The van der Waals surface area contributed by atoms with Crippen LogP contribution in [0.15, 0.2) is 39.9 Å². The van der Waals surface area contributed by atoms with Crippen LogP contribution in [-0.2, 0) is 4.79 Å². The largest absolute Gasteiger partial charge is 0.466 e. The second-order valence-electron chi connectivity index (χ2n) is 5.23. The van der Waals surface area contributed by atoms with Crippen LogP contribution in [0.2, 0.25) is 0 Å². The Morgan fingerprint density at radius 2 is 1.87 bits per heavy atom. The van der Waals surface area contributed by atoms with Crippen LogP contribution in [0, 0.1) is 13.8 Å². The Bertz CT molecular complexity index is 775. The lowest BCUT2D eigenvalue weighted by atomic mass is 10.1. The van der Waals surface area contributed by atoms with E-state index in [1.54, 1.807) is 39.0 Å². The van der Waals surface area contributed by atoms with Crippen molar-refractivity contribution in [3.63, 3.8) is 0 Å². The molecule has 0 aliphatic heterocycles. The first-order valence-corrected chi connectivity index (χ1v) is 7.16. The minimum absolute atomic E-state index is 0.143. The number of benzene rings is 1. The van der Waals surface area contributed by atoms with E-state index in [0.717, 1.165) is 5.56 Å². The molecule has 1 aromatic heterocycles. The summed E-state index contributed by atoms with van der Waals surface area (Å²) in [5, 5.41) is 6.81. The smallest absolute Gasteiger partial charge is 0.274 e. The van der Waals surface area contributed by atoms with Gasteiger partial charge in [0.05, 0.1) is 11.3 Å². The Morgan fingerprint density at radius 1 is 1.13 bits per heavy atom. The van der Waals surface area contributed by atoms with Crippen molar-refractivity contribution in [2.75, 3.05) is 5.32 Å². The molecule has 0 radical (unpaired) electrons. The first-order chi connectivity index (χ1) is 10.9. The Labute approximate surface area is 134 Å². The predicted molar refractivity (Wildman–Crippen MR) is 88.6 cm³/mol. The number of nitrogens with zero attached hydrogens (tertiary/aromatic N) is 1. The molecule has 0 aliphatic carbocycles. The van der Waals surface area contributed by atoms with Gasteiger partial charge in [0.15, 0.2) is 0 Å². The monoisotopic (exact) mass is 313 g/mol. The molecule has 0 atom stereocenters. The first kappa shape index (κ1) is 16.5. The lowest BCUT2D eigenvalue weighted by Gasteiger charge is -2.06.